The number of aromatic amines is 1. The topological polar surface area (TPSA) is 230 Å². The Morgan fingerprint density at radius 3 is 2.17 bits per heavy atom. The summed E-state index contributed by atoms with van der Waals surface area (Å²) < 4.78 is 0. The van der Waals surface area contributed by atoms with Crippen LogP contribution in [0, 0.1) is 0 Å². The van der Waals surface area contributed by atoms with Crippen molar-refractivity contribution in [2.45, 2.75) is 37.0 Å². The van der Waals surface area contributed by atoms with E-state index >= 15 is 0 Å². The molecule has 1 aromatic carbocycles. The third-order valence-electron chi connectivity index (χ3n) is 5.10. The van der Waals surface area contributed by atoms with E-state index in [1.54, 1.807) is 12.3 Å². The van der Waals surface area contributed by atoms with Gasteiger partial charge in [-0.2, -0.15) is 12.6 Å². The van der Waals surface area contributed by atoms with Gasteiger partial charge in [0.15, 0.2) is 0 Å². The summed E-state index contributed by atoms with van der Waals surface area (Å²) in [4.78, 5) is 63.2. The van der Waals surface area contributed by atoms with Crippen molar-refractivity contribution >= 4 is 53.1 Å². The van der Waals surface area contributed by atoms with Crippen LogP contribution in [0.2, 0.25) is 0 Å². The second kappa shape index (κ2) is 12.7. The third-order valence-corrected chi connectivity index (χ3v) is 5.47. The molecule has 2 rings (SSSR count). The minimum absolute atomic E-state index is 0.0339. The zero-order valence-electron chi connectivity index (χ0n) is 18.6. The molecule has 0 radical (unpaired) electrons. The molecule has 0 aliphatic rings. The van der Waals surface area contributed by atoms with Crippen LogP contribution in [-0.4, -0.2) is 81.3 Å². The van der Waals surface area contributed by atoms with E-state index in [1.807, 2.05) is 18.2 Å². The van der Waals surface area contributed by atoms with Gasteiger partial charge in [-0.3, -0.25) is 19.2 Å². The molecule has 190 valence electrons. The number of nitrogens with one attached hydrogen (secondary N) is 4. The van der Waals surface area contributed by atoms with Crippen LogP contribution in [0.3, 0.4) is 0 Å². The van der Waals surface area contributed by atoms with Crippen molar-refractivity contribution in [1.82, 2.24) is 20.9 Å². The van der Waals surface area contributed by atoms with Crippen molar-refractivity contribution in [3.8, 4) is 0 Å². The number of thiol groups is 1. The van der Waals surface area contributed by atoms with E-state index in [2.05, 4.69) is 33.6 Å². The molecule has 14 heteroatoms. The van der Waals surface area contributed by atoms with Crippen LogP contribution in [0.25, 0.3) is 10.9 Å². The highest BCUT2D eigenvalue weighted by Gasteiger charge is 2.30. The maximum atomic E-state index is 12.9. The van der Waals surface area contributed by atoms with Crippen LogP contribution in [-0.2, 0) is 30.4 Å². The fourth-order valence-corrected chi connectivity index (χ4v) is 3.49. The number of aromatic nitrogens is 1. The van der Waals surface area contributed by atoms with Gasteiger partial charge in [0.05, 0.1) is 19.1 Å². The van der Waals surface area contributed by atoms with E-state index in [9.17, 15) is 34.2 Å². The number of carboxylic acids is 1. The molecule has 4 unspecified atom stereocenters. The Balaban J connectivity index is 2.23. The number of carbonyl (C=O) groups is 5. The van der Waals surface area contributed by atoms with Crippen LogP contribution in [0.5, 0.6) is 0 Å². The van der Waals surface area contributed by atoms with Crippen LogP contribution in [0.1, 0.15) is 12.0 Å². The summed E-state index contributed by atoms with van der Waals surface area (Å²) in [6, 6.07) is 1.81. The smallest absolute Gasteiger partial charge is 0.327 e. The number of rotatable bonds is 13. The lowest BCUT2D eigenvalue weighted by Gasteiger charge is -2.24. The molecule has 10 N–H and O–H groups in total. The van der Waals surface area contributed by atoms with Gasteiger partial charge >= 0.3 is 5.97 Å². The molecule has 0 bridgehead atoms. The predicted molar refractivity (Wildman–Crippen MR) is 128 cm³/mol. The molecule has 1 heterocycles. The molecular formula is C21H28N6O7S. The SMILES string of the molecule is NC(=O)CC(N)C(=O)NC(CO)C(=O)NC(Cc1c[nH]c2ccccc12)C(=O)NC(CS)C(=O)O. The monoisotopic (exact) mass is 508 g/mol. The van der Waals surface area contributed by atoms with Crippen molar-refractivity contribution in [2.24, 2.45) is 11.5 Å². The summed E-state index contributed by atoms with van der Waals surface area (Å²) in [6.07, 6.45) is 1.14. The first-order valence-corrected chi connectivity index (χ1v) is 11.1. The molecular weight excluding hydrogens is 480 g/mol. The standard InChI is InChI=1S/C21H28N6O7S/c22-12(6-17(23)29)18(30)26-15(8-28)20(32)25-14(19(31)27-16(9-35)21(33)34)5-10-7-24-13-4-2-1-3-11(10)13/h1-4,7,12,14-16,24,28,35H,5-6,8-9,22H2,(H2,23,29)(H,25,32)(H,26,30)(H,27,31)(H,33,34). The number of H-pyrrole nitrogens is 1. The molecule has 0 saturated heterocycles. The lowest BCUT2D eigenvalue weighted by atomic mass is 10.0. The maximum Gasteiger partial charge on any atom is 0.327 e. The van der Waals surface area contributed by atoms with E-state index in [0.717, 1.165) is 10.9 Å². The van der Waals surface area contributed by atoms with E-state index in [-0.39, 0.29) is 12.2 Å². The highest BCUT2D eigenvalue weighted by molar-refractivity contribution is 7.80. The molecule has 0 saturated carbocycles. The van der Waals surface area contributed by atoms with Gasteiger partial charge in [-0.1, -0.05) is 18.2 Å². The first-order valence-electron chi connectivity index (χ1n) is 10.5. The second-order valence-corrected chi connectivity index (χ2v) is 8.09. The largest absolute Gasteiger partial charge is 0.480 e. The summed E-state index contributed by atoms with van der Waals surface area (Å²) in [5, 5.41) is 26.6. The molecule has 4 atom stereocenters. The van der Waals surface area contributed by atoms with Gasteiger partial charge in [0.25, 0.3) is 0 Å². The van der Waals surface area contributed by atoms with Crippen molar-refractivity contribution in [3.63, 3.8) is 0 Å². The van der Waals surface area contributed by atoms with Crippen molar-refractivity contribution in [3.05, 3.63) is 36.0 Å². The number of nitrogens with two attached hydrogens (primary N) is 2. The minimum Gasteiger partial charge on any atom is -0.480 e. The number of amides is 4. The number of aliphatic carboxylic acids is 1. The summed E-state index contributed by atoms with van der Waals surface area (Å²) in [7, 11) is 0. The Morgan fingerprint density at radius 2 is 1.57 bits per heavy atom. The fraction of sp³-hybridized carbons (Fsp3) is 0.381. The van der Waals surface area contributed by atoms with Gasteiger partial charge in [-0.15, -0.1) is 0 Å². The quantitative estimate of drug-likeness (QED) is 0.130. The van der Waals surface area contributed by atoms with Gasteiger partial charge in [0.1, 0.15) is 18.1 Å². The number of hydrogen-bond donors (Lipinski definition) is 9. The first kappa shape index (κ1) is 27.6. The molecule has 35 heavy (non-hydrogen) atoms. The highest BCUT2D eigenvalue weighted by Crippen LogP contribution is 2.19. The number of aliphatic hydroxyl groups is 1. The predicted octanol–water partition coefficient (Wildman–Crippen LogP) is -2.63. The number of fused-ring (bicyclic) bond motifs is 1. The van der Waals surface area contributed by atoms with Gasteiger partial charge < -0.3 is 42.6 Å². The molecule has 1 aromatic heterocycles. The first-order chi connectivity index (χ1) is 16.6. The summed E-state index contributed by atoms with van der Waals surface area (Å²) in [5.41, 5.74) is 12.0. The normalized spacial score (nSPS) is 14.4. The van der Waals surface area contributed by atoms with E-state index in [4.69, 9.17) is 11.5 Å². The molecule has 13 nitrogen and oxygen atoms in total. The highest BCUT2D eigenvalue weighted by atomic mass is 32.1. The fourth-order valence-electron chi connectivity index (χ4n) is 3.24. The average molecular weight is 509 g/mol. The van der Waals surface area contributed by atoms with Crippen LogP contribution in [0.4, 0.5) is 0 Å². The Morgan fingerprint density at radius 1 is 0.971 bits per heavy atom. The van der Waals surface area contributed by atoms with E-state index < -0.39 is 66.8 Å². The zero-order chi connectivity index (χ0) is 26.1. The van der Waals surface area contributed by atoms with E-state index in [1.165, 1.54) is 0 Å². The van der Waals surface area contributed by atoms with Crippen LogP contribution in [0.15, 0.2) is 30.5 Å². The lowest BCUT2D eigenvalue weighted by Crippen LogP contribution is -2.58. The number of para-hydroxylation sites is 1. The van der Waals surface area contributed by atoms with Gasteiger partial charge in [0, 0.05) is 29.3 Å². The number of carboxylic acid groups (broad SMARTS) is 1. The van der Waals surface area contributed by atoms with Crippen molar-refractivity contribution < 1.29 is 34.2 Å². The number of primary amides is 1. The molecule has 0 aliphatic heterocycles. The average Bonchev–Trinajstić information content (AvgIpc) is 3.22. The molecule has 2 aromatic rings. The Bertz CT molecular complexity index is 1090. The Hall–Kier alpha value is -3.62. The van der Waals surface area contributed by atoms with Crippen LogP contribution < -0.4 is 27.4 Å². The number of aliphatic hydroxyl groups excluding tert-OH is 1. The number of benzene rings is 1. The number of hydrogen-bond acceptors (Lipinski definition) is 8. The minimum atomic E-state index is -1.50. The molecule has 0 fully saturated rings. The van der Waals surface area contributed by atoms with E-state index in [0.29, 0.717) is 5.56 Å². The molecule has 4 amide bonds. The van der Waals surface area contributed by atoms with Crippen molar-refractivity contribution in [1.29, 1.82) is 0 Å². The van der Waals surface area contributed by atoms with Gasteiger partial charge in [-0.05, 0) is 11.6 Å². The molecule has 0 spiro atoms. The summed E-state index contributed by atoms with van der Waals surface area (Å²) in [5.74, 6) is -4.97. The lowest BCUT2D eigenvalue weighted by molar-refractivity contribution is -0.141. The summed E-state index contributed by atoms with van der Waals surface area (Å²) in [6.45, 7) is -0.837. The molecule has 0 aliphatic carbocycles. The third kappa shape index (κ3) is 7.70. The van der Waals surface area contributed by atoms with Crippen LogP contribution >= 0.6 is 12.6 Å². The Kier molecular flexibility index (Phi) is 10.1. The van der Waals surface area contributed by atoms with Crippen molar-refractivity contribution in [2.75, 3.05) is 12.4 Å². The summed E-state index contributed by atoms with van der Waals surface area (Å²) >= 11 is 3.92. The maximum absolute atomic E-state index is 12.9. The number of carbonyl (C=O) groups excluding carboxylic acids is 4. The second-order valence-electron chi connectivity index (χ2n) is 7.73. The van der Waals surface area contributed by atoms with Gasteiger partial charge in [-0.25, -0.2) is 4.79 Å². The van der Waals surface area contributed by atoms with Gasteiger partial charge in [0.2, 0.25) is 23.6 Å². The Labute approximate surface area is 205 Å². The zero-order valence-corrected chi connectivity index (χ0v) is 19.5.